The van der Waals surface area contributed by atoms with E-state index in [-0.39, 0.29) is 12.5 Å². The number of ether oxygens (including phenoxy) is 1. The van der Waals surface area contributed by atoms with Crippen LogP contribution in [-0.4, -0.2) is 47.5 Å². The molecule has 6 nitrogen and oxygen atoms in total. The minimum atomic E-state index is -1.02. The van der Waals surface area contributed by atoms with Crippen LogP contribution in [0.2, 0.25) is 0 Å². The first-order valence-electron chi connectivity index (χ1n) is 6.03. The molecule has 104 valence electrons. The summed E-state index contributed by atoms with van der Waals surface area (Å²) in [6.07, 6.45) is 0.742. The largest absolute Gasteiger partial charge is 0.362 e. The summed E-state index contributed by atoms with van der Waals surface area (Å²) in [5, 5.41) is 3.32. The van der Waals surface area contributed by atoms with Gasteiger partial charge in [-0.2, -0.15) is 0 Å². The van der Waals surface area contributed by atoms with Gasteiger partial charge in [0.25, 0.3) is 5.91 Å². The molecule has 1 aromatic rings. The molecule has 0 saturated carbocycles. The lowest BCUT2D eigenvalue weighted by atomic mass is 10.0. The van der Waals surface area contributed by atoms with E-state index in [4.69, 9.17) is 4.74 Å². The maximum absolute atomic E-state index is 12.3. The number of hydrogen-bond acceptors (Lipinski definition) is 5. The number of nitrogens with one attached hydrogen (secondary N) is 1. The fourth-order valence-corrected chi connectivity index (χ4v) is 2.69. The van der Waals surface area contributed by atoms with Gasteiger partial charge in [0.05, 0.1) is 18.8 Å². The molecule has 1 fully saturated rings. The predicted octanol–water partition coefficient (Wildman–Crippen LogP) is 0.946. The minimum Gasteiger partial charge on any atom is -0.362 e. The van der Waals surface area contributed by atoms with Crippen molar-refractivity contribution in [3.8, 4) is 0 Å². The third kappa shape index (κ3) is 2.93. The van der Waals surface area contributed by atoms with Crippen molar-refractivity contribution in [2.75, 3.05) is 25.0 Å². The first-order valence-corrected chi connectivity index (χ1v) is 6.85. The Hall–Kier alpha value is -1.47. The van der Waals surface area contributed by atoms with E-state index in [9.17, 15) is 9.59 Å². The molecular formula is C12H17N3O3S. The molecule has 0 spiro atoms. The van der Waals surface area contributed by atoms with Crippen molar-refractivity contribution < 1.29 is 14.3 Å². The lowest BCUT2D eigenvalue weighted by Crippen LogP contribution is -2.56. The Balaban J connectivity index is 2.08. The number of aromatic nitrogens is 1. The predicted molar refractivity (Wildman–Crippen MR) is 72.2 cm³/mol. The van der Waals surface area contributed by atoms with Gasteiger partial charge in [0.1, 0.15) is 0 Å². The second-order valence-corrected chi connectivity index (χ2v) is 5.97. The van der Waals surface area contributed by atoms with Crippen LogP contribution < -0.4 is 5.32 Å². The zero-order chi connectivity index (χ0) is 14.0. The second-order valence-electron chi connectivity index (χ2n) is 4.77. The molecule has 0 radical (unpaired) electrons. The fraction of sp³-hybridized carbons (Fsp3) is 0.583. The SMILES string of the molecule is Cc1nc(NC(=O)C2(C)CN(C=O)CCO2)sc1C. The van der Waals surface area contributed by atoms with Crippen LogP contribution >= 0.6 is 11.3 Å². The van der Waals surface area contributed by atoms with Gasteiger partial charge in [-0.25, -0.2) is 4.98 Å². The highest BCUT2D eigenvalue weighted by atomic mass is 32.1. The van der Waals surface area contributed by atoms with Gasteiger partial charge >= 0.3 is 0 Å². The van der Waals surface area contributed by atoms with Crippen LogP contribution in [0.1, 0.15) is 17.5 Å². The molecule has 19 heavy (non-hydrogen) atoms. The number of carbonyl (C=O) groups is 2. The smallest absolute Gasteiger partial charge is 0.259 e. The number of hydrogen-bond donors (Lipinski definition) is 1. The number of thiazole rings is 1. The topological polar surface area (TPSA) is 71.5 Å². The first kappa shape index (κ1) is 14.0. The highest BCUT2D eigenvalue weighted by Gasteiger charge is 2.39. The van der Waals surface area contributed by atoms with Gasteiger partial charge in [-0.1, -0.05) is 0 Å². The van der Waals surface area contributed by atoms with Gasteiger partial charge in [0, 0.05) is 11.4 Å². The van der Waals surface area contributed by atoms with Gasteiger partial charge in [0.15, 0.2) is 10.7 Å². The molecule has 2 rings (SSSR count). The minimum absolute atomic E-state index is 0.256. The maximum atomic E-state index is 12.3. The summed E-state index contributed by atoms with van der Waals surface area (Å²) in [7, 11) is 0. The molecule has 2 heterocycles. The summed E-state index contributed by atoms with van der Waals surface area (Å²) in [5.74, 6) is -0.271. The number of anilines is 1. The van der Waals surface area contributed by atoms with Crippen LogP contribution in [-0.2, 0) is 14.3 Å². The van der Waals surface area contributed by atoms with Crippen molar-refractivity contribution in [2.45, 2.75) is 26.4 Å². The zero-order valence-corrected chi connectivity index (χ0v) is 12.0. The Morgan fingerprint density at radius 3 is 2.89 bits per heavy atom. The van der Waals surface area contributed by atoms with Gasteiger partial charge in [-0.15, -0.1) is 11.3 Å². The quantitative estimate of drug-likeness (QED) is 0.838. The molecule has 1 aromatic heterocycles. The molecule has 1 unspecified atom stereocenters. The van der Waals surface area contributed by atoms with Crippen molar-refractivity contribution in [3.63, 3.8) is 0 Å². The monoisotopic (exact) mass is 283 g/mol. The van der Waals surface area contributed by atoms with E-state index in [2.05, 4.69) is 10.3 Å². The number of nitrogens with zero attached hydrogens (tertiary/aromatic N) is 2. The standard InChI is InChI=1S/C12H17N3O3S/c1-8-9(2)19-11(13-8)14-10(17)12(3)6-15(7-16)4-5-18-12/h7H,4-6H2,1-3H3,(H,13,14,17). The highest BCUT2D eigenvalue weighted by molar-refractivity contribution is 7.15. The van der Waals surface area contributed by atoms with Crippen LogP contribution in [0.25, 0.3) is 0 Å². The van der Waals surface area contributed by atoms with E-state index in [1.54, 1.807) is 11.8 Å². The molecule has 0 aromatic carbocycles. The van der Waals surface area contributed by atoms with E-state index < -0.39 is 5.60 Å². The zero-order valence-electron chi connectivity index (χ0n) is 11.2. The Kier molecular flexibility index (Phi) is 3.86. The van der Waals surface area contributed by atoms with Crippen molar-refractivity contribution in [2.24, 2.45) is 0 Å². The Labute approximate surface area is 115 Å². The van der Waals surface area contributed by atoms with Crippen molar-refractivity contribution in [1.29, 1.82) is 0 Å². The van der Waals surface area contributed by atoms with E-state index in [0.717, 1.165) is 17.0 Å². The molecule has 0 bridgehead atoms. The third-order valence-corrected chi connectivity index (χ3v) is 4.17. The van der Waals surface area contributed by atoms with Crippen LogP contribution in [0.15, 0.2) is 0 Å². The maximum Gasteiger partial charge on any atom is 0.259 e. The summed E-state index contributed by atoms with van der Waals surface area (Å²) < 4.78 is 5.53. The lowest BCUT2D eigenvalue weighted by Gasteiger charge is -2.37. The first-order chi connectivity index (χ1) is 8.94. The van der Waals surface area contributed by atoms with Crippen molar-refractivity contribution in [1.82, 2.24) is 9.88 Å². The Morgan fingerprint density at radius 2 is 2.32 bits per heavy atom. The van der Waals surface area contributed by atoms with Gasteiger partial charge in [-0.05, 0) is 20.8 Å². The Bertz CT molecular complexity index is 483. The molecule has 1 aliphatic rings. The summed E-state index contributed by atoms with van der Waals surface area (Å²) >= 11 is 1.43. The average Bonchev–Trinajstić information content (AvgIpc) is 2.68. The van der Waals surface area contributed by atoms with Crippen LogP contribution in [0.5, 0.6) is 0 Å². The highest BCUT2D eigenvalue weighted by Crippen LogP contribution is 2.24. The molecule has 1 atom stereocenters. The molecule has 7 heteroatoms. The molecule has 2 amide bonds. The van der Waals surface area contributed by atoms with Gasteiger partial charge < -0.3 is 9.64 Å². The molecule has 1 saturated heterocycles. The Morgan fingerprint density at radius 1 is 1.58 bits per heavy atom. The summed E-state index contributed by atoms with van der Waals surface area (Å²) in [5.41, 5.74) is -0.114. The van der Waals surface area contributed by atoms with E-state index in [1.807, 2.05) is 13.8 Å². The molecule has 1 N–H and O–H groups in total. The number of rotatable bonds is 3. The van der Waals surface area contributed by atoms with Crippen molar-refractivity contribution in [3.05, 3.63) is 10.6 Å². The van der Waals surface area contributed by atoms with Crippen LogP contribution in [0.4, 0.5) is 5.13 Å². The van der Waals surface area contributed by atoms with Crippen LogP contribution in [0.3, 0.4) is 0 Å². The summed E-state index contributed by atoms with van der Waals surface area (Å²) in [6.45, 7) is 6.67. The average molecular weight is 283 g/mol. The van der Waals surface area contributed by atoms with Gasteiger partial charge in [-0.3, -0.25) is 14.9 Å². The second kappa shape index (κ2) is 5.26. The summed E-state index contributed by atoms with van der Waals surface area (Å²) in [6, 6.07) is 0. The van der Waals surface area contributed by atoms with E-state index in [1.165, 1.54) is 11.3 Å². The number of morpholine rings is 1. The van der Waals surface area contributed by atoms with Crippen LogP contribution in [0, 0.1) is 13.8 Å². The number of aryl methyl sites for hydroxylation is 2. The summed E-state index contributed by atoms with van der Waals surface area (Å²) in [4.78, 5) is 29.9. The normalized spacial score (nSPS) is 23.2. The molecular weight excluding hydrogens is 266 g/mol. The van der Waals surface area contributed by atoms with E-state index in [0.29, 0.717) is 18.3 Å². The van der Waals surface area contributed by atoms with Gasteiger partial charge in [0.2, 0.25) is 6.41 Å². The number of carbonyl (C=O) groups excluding carboxylic acids is 2. The lowest BCUT2D eigenvalue weighted by molar-refractivity contribution is -0.154. The fourth-order valence-electron chi connectivity index (χ4n) is 1.88. The molecule has 0 aliphatic carbocycles. The third-order valence-electron chi connectivity index (χ3n) is 3.18. The molecule has 1 aliphatic heterocycles. The number of amides is 2. The van der Waals surface area contributed by atoms with Crippen molar-refractivity contribution >= 4 is 28.8 Å². The van der Waals surface area contributed by atoms with E-state index >= 15 is 0 Å².